The van der Waals surface area contributed by atoms with Crippen molar-refractivity contribution in [3.8, 4) is 11.5 Å². The summed E-state index contributed by atoms with van der Waals surface area (Å²) in [6.45, 7) is 3.61. The topological polar surface area (TPSA) is 66.5 Å². The van der Waals surface area contributed by atoms with Gasteiger partial charge in [0.25, 0.3) is 0 Å². The number of phenols is 2. The zero-order valence-corrected chi connectivity index (χ0v) is 7.98. The van der Waals surface area contributed by atoms with E-state index in [0.717, 1.165) is 18.4 Å². The molecule has 1 rings (SSSR count). The molecule has 1 atom stereocenters. The second-order valence-electron chi connectivity index (χ2n) is 3.26. The summed E-state index contributed by atoms with van der Waals surface area (Å²) in [6.07, 6.45) is 3.37. The number of hydrogen-bond donors (Lipinski definition) is 3. The van der Waals surface area contributed by atoms with Crippen LogP contribution in [0, 0.1) is 0 Å². The first-order chi connectivity index (χ1) is 6.63. The van der Waals surface area contributed by atoms with E-state index < -0.39 is 0 Å². The van der Waals surface area contributed by atoms with Crippen molar-refractivity contribution < 1.29 is 10.2 Å². The molecule has 0 aromatic heterocycles. The molecule has 76 valence electrons. The third-order valence-electron chi connectivity index (χ3n) is 2.03. The van der Waals surface area contributed by atoms with Crippen molar-refractivity contribution >= 4 is 0 Å². The molecule has 0 saturated heterocycles. The van der Waals surface area contributed by atoms with E-state index in [9.17, 15) is 10.2 Å². The summed E-state index contributed by atoms with van der Waals surface area (Å²) in [5.41, 5.74) is 6.59. The van der Waals surface area contributed by atoms with Gasteiger partial charge in [-0.25, -0.2) is 0 Å². The third-order valence-corrected chi connectivity index (χ3v) is 2.03. The molecule has 0 aliphatic carbocycles. The zero-order valence-electron chi connectivity index (χ0n) is 7.98. The highest BCUT2D eigenvalue weighted by molar-refractivity contribution is 5.37. The number of aromatic hydroxyl groups is 2. The van der Waals surface area contributed by atoms with Crippen LogP contribution >= 0.6 is 0 Å². The number of phenolic OH excluding ortho intramolecular Hbond substituents is 2. The average Bonchev–Trinajstić information content (AvgIpc) is 2.12. The molecule has 1 aromatic rings. The Kier molecular flexibility index (Phi) is 3.54. The molecular formula is C11H15NO2. The van der Waals surface area contributed by atoms with E-state index in [1.807, 2.05) is 0 Å². The summed E-state index contributed by atoms with van der Waals surface area (Å²) < 4.78 is 0. The molecule has 0 unspecified atom stereocenters. The van der Waals surface area contributed by atoms with E-state index in [4.69, 9.17) is 5.73 Å². The Morgan fingerprint density at radius 2 is 1.86 bits per heavy atom. The lowest BCUT2D eigenvalue weighted by Gasteiger charge is -2.11. The van der Waals surface area contributed by atoms with Gasteiger partial charge in [0.15, 0.2) is 0 Å². The minimum atomic E-state index is -0.175. The van der Waals surface area contributed by atoms with Gasteiger partial charge in [-0.1, -0.05) is 6.08 Å². The van der Waals surface area contributed by atoms with Gasteiger partial charge in [-0.15, -0.1) is 6.58 Å². The van der Waals surface area contributed by atoms with Crippen LogP contribution in [0.2, 0.25) is 0 Å². The molecule has 3 nitrogen and oxygen atoms in total. The highest BCUT2D eigenvalue weighted by atomic mass is 16.3. The number of rotatable bonds is 4. The first kappa shape index (κ1) is 10.6. The van der Waals surface area contributed by atoms with Crippen molar-refractivity contribution in [1.82, 2.24) is 0 Å². The lowest BCUT2D eigenvalue weighted by Crippen LogP contribution is -2.09. The van der Waals surface area contributed by atoms with Gasteiger partial charge in [0, 0.05) is 12.1 Å². The van der Waals surface area contributed by atoms with Crippen LogP contribution in [-0.2, 0) is 0 Å². The number of allylic oxidation sites excluding steroid dienone is 1. The Bertz CT molecular complexity index is 303. The molecule has 0 fully saturated rings. The van der Waals surface area contributed by atoms with Crippen LogP contribution < -0.4 is 5.73 Å². The Labute approximate surface area is 83.5 Å². The standard InChI is InChI=1S/C11H15NO2/c1-2-3-4-11(12)8-5-9(13)7-10(14)6-8/h2,5-7,11,13-14H,1,3-4,12H2/t11-/m1/s1. The van der Waals surface area contributed by atoms with Crippen molar-refractivity contribution in [3.63, 3.8) is 0 Å². The van der Waals surface area contributed by atoms with E-state index in [1.165, 1.54) is 6.07 Å². The molecule has 0 heterocycles. The van der Waals surface area contributed by atoms with Crippen molar-refractivity contribution in [2.75, 3.05) is 0 Å². The van der Waals surface area contributed by atoms with E-state index in [0.29, 0.717) is 0 Å². The molecule has 1 aromatic carbocycles. The third kappa shape index (κ3) is 2.78. The summed E-state index contributed by atoms with van der Waals surface area (Å²) in [6, 6.07) is 4.23. The Hall–Kier alpha value is -1.48. The van der Waals surface area contributed by atoms with Crippen LogP contribution in [0.3, 0.4) is 0 Å². The van der Waals surface area contributed by atoms with Crippen LogP contribution in [0.25, 0.3) is 0 Å². The normalized spacial score (nSPS) is 12.4. The maximum absolute atomic E-state index is 9.23. The van der Waals surface area contributed by atoms with Gasteiger partial charge in [0.1, 0.15) is 11.5 Å². The molecule has 0 amide bonds. The van der Waals surface area contributed by atoms with Gasteiger partial charge >= 0.3 is 0 Å². The molecule has 0 spiro atoms. The van der Waals surface area contributed by atoms with Gasteiger partial charge < -0.3 is 15.9 Å². The molecule has 0 saturated carbocycles. The number of hydrogen-bond acceptors (Lipinski definition) is 3. The lowest BCUT2D eigenvalue weighted by molar-refractivity contribution is 0.447. The first-order valence-corrected chi connectivity index (χ1v) is 4.53. The molecular weight excluding hydrogens is 178 g/mol. The van der Waals surface area contributed by atoms with Crippen molar-refractivity contribution in [1.29, 1.82) is 0 Å². The van der Waals surface area contributed by atoms with Gasteiger partial charge in [-0.3, -0.25) is 0 Å². The van der Waals surface area contributed by atoms with Crippen LogP contribution in [0.15, 0.2) is 30.9 Å². The minimum Gasteiger partial charge on any atom is -0.508 e. The SMILES string of the molecule is C=CCC[C@@H](N)c1cc(O)cc(O)c1. The zero-order chi connectivity index (χ0) is 10.6. The van der Waals surface area contributed by atoms with Crippen LogP contribution in [0.5, 0.6) is 11.5 Å². The largest absolute Gasteiger partial charge is 0.508 e. The fourth-order valence-electron chi connectivity index (χ4n) is 1.30. The summed E-state index contributed by atoms with van der Waals surface area (Å²) in [5.74, 6) is 0.0723. The molecule has 3 heteroatoms. The Balaban J connectivity index is 2.78. The van der Waals surface area contributed by atoms with E-state index in [-0.39, 0.29) is 17.5 Å². The maximum atomic E-state index is 9.23. The Morgan fingerprint density at radius 3 is 2.36 bits per heavy atom. The predicted molar refractivity (Wildman–Crippen MR) is 56.1 cm³/mol. The molecule has 0 aliphatic heterocycles. The summed E-state index contributed by atoms with van der Waals surface area (Å²) in [5, 5.41) is 18.5. The quantitative estimate of drug-likeness (QED) is 0.641. The highest BCUT2D eigenvalue weighted by Crippen LogP contribution is 2.25. The summed E-state index contributed by atoms with van der Waals surface area (Å²) >= 11 is 0. The fourth-order valence-corrected chi connectivity index (χ4v) is 1.30. The second kappa shape index (κ2) is 4.67. The minimum absolute atomic E-state index is 0.0362. The molecule has 4 N–H and O–H groups in total. The monoisotopic (exact) mass is 193 g/mol. The van der Waals surface area contributed by atoms with Gasteiger partial charge in [-0.2, -0.15) is 0 Å². The maximum Gasteiger partial charge on any atom is 0.119 e. The van der Waals surface area contributed by atoms with E-state index >= 15 is 0 Å². The summed E-state index contributed by atoms with van der Waals surface area (Å²) in [7, 11) is 0. The highest BCUT2D eigenvalue weighted by Gasteiger charge is 2.07. The lowest BCUT2D eigenvalue weighted by atomic mass is 10.0. The molecule has 0 bridgehead atoms. The molecule has 14 heavy (non-hydrogen) atoms. The van der Waals surface area contributed by atoms with E-state index in [1.54, 1.807) is 18.2 Å². The average molecular weight is 193 g/mol. The number of nitrogens with two attached hydrogens (primary N) is 1. The van der Waals surface area contributed by atoms with Gasteiger partial charge in [-0.05, 0) is 30.5 Å². The number of benzene rings is 1. The molecule has 0 radical (unpaired) electrons. The van der Waals surface area contributed by atoms with Crippen molar-refractivity contribution in [2.45, 2.75) is 18.9 Å². The second-order valence-corrected chi connectivity index (χ2v) is 3.26. The van der Waals surface area contributed by atoms with Crippen LogP contribution in [-0.4, -0.2) is 10.2 Å². The summed E-state index contributed by atoms with van der Waals surface area (Å²) in [4.78, 5) is 0. The van der Waals surface area contributed by atoms with Gasteiger partial charge in [0.2, 0.25) is 0 Å². The predicted octanol–water partition coefficient (Wildman–Crippen LogP) is 2.06. The first-order valence-electron chi connectivity index (χ1n) is 4.53. The van der Waals surface area contributed by atoms with Crippen LogP contribution in [0.4, 0.5) is 0 Å². The molecule has 0 aliphatic rings. The fraction of sp³-hybridized carbons (Fsp3) is 0.273. The van der Waals surface area contributed by atoms with Crippen molar-refractivity contribution in [2.24, 2.45) is 5.73 Å². The smallest absolute Gasteiger partial charge is 0.119 e. The Morgan fingerprint density at radius 1 is 1.29 bits per heavy atom. The van der Waals surface area contributed by atoms with E-state index in [2.05, 4.69) is 6.58 Å². The van der Waals surface area contributed by atoms with Crippen molar-refractivity contribution in [3.05, 3.63) is 36.4 Å². The van der Waals surface area contributed by atoms with Crippen LogP contribution in [0.1, 0.15) is 24.4 Å². The van der Waals surface area contributed by atoms with Gasteiger partial charge in [0.05, 0.1) is 0 Å².